The van der Waals surface area contributed by atoms with E-state index in [1.807, 2.05) is 0 Å². The third kappa shape index (κ3) is 18.6. The van der Waals surface area contributed by atoms with Crippen LogP contribution in [0.4, 0.5) is 0 Å². The lowest BCUT2D eigenvalue weighted by molar-refractivity contribution is -0.139. The molecule has 0 fully saturated rings. The van der Waals surface area contributed by atoms with Crippen LogP contribution in [0.2, 0.25) is 0 Å². The largest absolute Gasteiger partial charge is 0.480 e. The van der Waals surface area contributed by atoms with Gasteiger partial charge in [-0.3, -0.25) is 14.1 Å². The van der Waals surface area contributed by atoms with Crippen molar-refractivity contribution >= 4 is 22.0 Å². The minimum Gasteiger partial charge on any atom is -0.480 e. The minimum absolute atomic E-state index is 0.0950. The van der Waals surface area contributed by atoms with Crippen molar-refractivity contribution in [2.75, 3.05) is 13.3 Å². The minimum atomic E-state index is -3.67. The Morgan fingerprint density at radius 1 is 1.44 bits per heavy atom. The number of carboxylic acids is 1. The van der Waals surface area contributed by atoms with Gasteiger partial charge in [0.2, 0.25) is 5.91 Å². The van der Waals surface area contributed by atoms with E-state index < -0.39 is 28.0 Å². The molecule has 0 rings (SSSR count). The third-order valence-electron chi connectivity index (χ3n) is 1.33. The van der Waals surface area contributed by atoms with Crippen molar-refractivity contribution < 1.29 is 27.7 Å². The summed E-state index contributed by atoms with van der Waals surface area (Å²) in [5, 5.41) is 11.0. The zero-order valence-corrected chi connectivity index (χ0v) is 9.82. The van der Waals surface area contributed by atoms with Crippen LogP contribution in [0.3, 0.4) is 0 Å². The molecule has 0 aliphatic heterocycles. The Labute approximate surface area is 93.6 Å². The van der Waals surface area contributed by atoms with Crippen molar-refractivity contribution in [3.05, 3.63) is 0 Å². The quantitative estimate of drug-likeness (QED) is 0.434. The summed E-state index contributed by atoms with van der Waals surface area (Å²) in [5.74, 6) is -1.44. The molecule has 0 saturated carbocycles. The topological polar surface area (TPSA) is 147 Å². The Kier molecular flexibility index (Phi) is 8.63. The summed E-state index contributed by atoms with van der Waals surface area (Å²) >= 11 is 0. The predicted molar refractivity (Wildman–Crippen MR) is 56.4 cm³/mol. The predicted octanol–water partition coefficient (Wildman–Crippen LogP) is -1.57. The van der Waals surface area contributed by atoms with Crippen molar-refractivity contribution in [2.45, 2.75) is 18.9 Å². The Hall–Kier alpha value is -1.19. The number of rotatable bonds is 5. The Balaban J connectivity index is 0. The first-order chi connectivity index (χ1) is 7.07. The van der Waals surface area contributed by atoms with Gasteiger partial charge in [-0.2, -0.15) is 8.42 Å². The van der Waals surface area contributed by atoms with Gasteiger partial charge in [0, 0.05) is 6.42 Å². The van der Waals surface area contributed by atoms with Crippen LogP contribution in [0.1, 0.15) is 12.8 Å². The molecule has 0 aliphatic rings. The molecule has 9 heteroatoms. The first kappa shape index (κ1) is 17.2. The van der Waals surface area contributed by atoms with Crippen molar-refractivity contribution in [1.29, 1.82) is 0 Å². The van der Waals surface area contributed by atoms with E-state index >= 15 is 0 Å². The summed E-state index contributed by atoms with van der Waals surface area (Å²) < 4.78 is 25.9. The number of amides is 1. The van der Waals surface area contributed by atoms with Crippen LogP contribution in [0, 0.1) is 0 Å². The number of carbonyl (C=O) groups is 2. The second-order valence-electron chi connectivity index (χ2n) is 2.92. The molecule has 0 heterocycles. The fourth-order valence-corrected chi connectivity index (χ4v) is 0.678. The van der Waals surface area contributed by atoms with Crippen molar-refractivity contribution in [1.82, 2.24) is 5.32 Å². The summed E-state index contributed by atoms with van der Waals surface area (Å²) in [6.45, 7) is 0. The Morgan fingerprint density at radius 2 is 1.81 bits per heavy atom. The third-order valence-corrected chi connectivity index (χ3v) is 1.33. The molecule has 5 N–H and O–H groups in total. The number of carboxylic acid groups (broad SMARTS) is 1. The van der Waals surface area contributed by atoms with Crippen molar-refractivity contribution in [2.24, 2.45) is 5.73 Å². The zero-order chi connectivity index (χ0) is 13.4. The first-order valence-corrected chi connectivity index (χ1v) is 6.03. The highest BCUT2D eigenvalue weighted by Crippen LogP contribution is 1.95. The molecular weight excluding hydrogens is 240 g/mol. The number of aliphatic carboxylic acids is 1. The summed E-state index contributed by atoms with van der Waals surface area (Å²) in [6.07, 6.45) is 1.05. The molecule has 0 spiro atoms. The number of hydrogen-bond acceptors (Lipinski definition) is 5. The number of carbonyl (C=O) groups excluding carboxylic acids is 1. The maximum atomic E-state index is 10.3. The highest BCUT2D eigenvalue weighted by molar-refractivity contribution is 7.85. The average Bonchev–Trinajstić information content (AvgIpc) is 2.00. The van der Waals surface area contributed by atoms with Crippen molar-refractivity contribution in [3.8, 4) is 0 Å². The van der Waals surface area contributed by atoms with Gasteiger partial charge < -0.3 is 16.2 Å². The fraction of sp³-hybridized carbons (Fsp3) is 0.714. The lowest BCUT2D eigenvalue weighted by Gasteiger charge is -2.08. The summed E-state index contributed by atoms with van der Waals surface area (Å²) in [6, 6.07) is -0.678. The molecule has 0 aromatic rings. The summed E-state index contributed by atoms with van der Waals surface area (Å²) in [7, 11) is -2.14. The SMILES string of the molecule is CN[C@H](CCC(N)=O)C(=O)O.CS(=O)(=O)O. The van der Waals surface area contributed by atoms with Crippen LogP contribution in [-0.4, -0.2) is 49.3 Å². The van der Waals surface area contributed by atoms with Crippen LogP contribution in [0.15, 0.2) is 0 Å². The normalized spacial score (nSPS) is 12.2. The zero-order valence-electron chi connectivity index (χ0n) is 9.00. The van der Waals surface area contributed by atoms with E-state index in [4.69, 9.17) is 15.4 Å². The molecule has 16 heavy (non-hydrogen) atoms. The Morgan fingerprint density at radius 3 is 2.00 bits per heavy atom. The second-order valence-corrected chi connectivity index (χ2v) is 4.38. The van der Waals surface area contributed by atoms with Crippen LogP contribution in [-0.2, 0) is 19.7 Å². The maximum absolute atomic E-state index is 10.3. The lowest BCUT2D eigenvalue weighted by atomic mass is 10.1. The molecule has 0 unspecified atom stereocenters. The van der Waals surface area contributed by atoms with Gasteiger partial charge in [0.15, 0.2) is 0 Å². The second kappa shape index (κ2) is 8.02. The van der Waals surface area contributed by atoms with Gasteiger partial charge in [0.05, 0.1) is 6.26 Å². The van der Waals surface area contributed by atoms with E-state index in [1.54, 1.807) is 0 Å². The van der Waals surface area contributed by atoms with Gasteiger partial charge in [0.25, 0.3) is 10.1 Å². The molecule has 0 aliphatic carbocycles. The monoisotopic (exact) mass is 256 g/mol. The molecule has 1 amide bonds. The molecule has 0 bridgehead atoms. The number of nitrogens with one attached hydrogen (secondary N) is 1. The lowest BCUT2D eigenvalue weighted by Crippen LogP contribution is -2.34. The highest BCUT2D eigenvalue weighted by atomic mass is 32.2. The average molecular weight is 256 g/mol. The highest BCUT2D eigenvalue weighted by Gasteiger charge is 2.14. The molecule has 8 nitrogen and oxygen atoms in total. The van der Waals surface area contributed by atoms with Crippen LogP contribution < -0.4 is 11.1 Å². The maximum Gasteiger partial charge on any atom is 0.320 e. The summed E-state index contributed by atoms with van der Waals surface area (Å²) in [5.41, 5.74) is 4.84. The summed E-state index contributed by atoms with van der Waals surface area (Å²) in [4.78, 5) is 20.6. The van der Waals surface area contributed by atoms with Gasteiger partial charge in [-0.25, -0.2) is 0 Å². The molecule has 0 aromatic carbocycles. The van der Waals surface area contributed by atoms with E-state index in [0.717, 1.165) is 0 Å². The number of likely N-dealkylation sites (N-methyl/N-ethyl adjacent to an activating group) is 1. The molecule has 0 saturated heterocycles. The van der Waals surface area contributed by atoms with E-state index in [2.05, 4.69) is 5.32 Å². The van der Waals surface area contributed by atoms with Gasteiger partial charge in [-0.05, 0) is 13.5 Å². The van der Waals surface area contributed by atoms with E-state index in [-0.39, 0.29) is 12.8 Å². The Bertz CT molecular complexity index is 318. The first-order valence-electron chi connectivity index (χ1n) is 4.18. The van der Waals surface area contributed by atoms with Gasteiger partial charge in [0.1, 0.15) is 6.04 Å². The number of hydrogen-bond donors (Lipinski definition) is 4. The molecule has 0 radical (unpaired) electrons. The number of primary amides is 1. The van der Waals surface area contributed by atoms with Crippen LogP contribution in [0.5, 0.6) is 0 Å². The van der Waals surface area contributed by atoms with E-state index in [9.17, 15) is 18.0 Å². The smallest absolute Gasteiger partial charge is 0.320 e. The van der Waals surface area contributed by atoms with Crippen LogP contribution >= 0.6 is 0 Å². The van der Waals surface area contributed by atoms with E-state index in [0.29, 0.717) is 6.26 Å². The molecule has 1 atom stereocenters. The van der Waals surface area contributed by atoms with Gasteiger partial charge in [-0.15, -0.1) is 0 Å². The van der Waals surface area contributed by atoms with Gasteiger partial charge in [-0.1, -0.05) is 0 Å². The molecular formula is C7H16N2O6S. The molecule has 0 aromatic heterocycles. The standard InChI is InChI=1S/C6H12N2O3.CH4O3S/c1-8-4(6(10)11)2-3-5(7)9;1-5(2,3)4/h4,8H,2-3H2,1H3,(H2,7,9)(H,10,11);1H3,(H,2,3,4)/t4-;/m1./s1. The molecule has 96 valence electrons. The van der Waals surface area contributed by atoms with E-state index in [1.165, 1.54) is 7.05 Å². The van der Waals surface area contributed by atoms with Gasteiger partial charge >= 0.3 is 5.97 Å². The van der Waals surface area contributed by atoms with Crippen LogP contribution in [0.25, 0.3) is 0 Å². The number of nitrogens with two attached hydrogens (primary N) is 1. The fourth-order valence-electron chi connectivity index (χ4n) is 0.678. The van der Waals surface area contributed by atoms with Crippen molar-refractivity contribution in [3.63, 3.8) is 0 Å².